The second-order valence-corrected chi connectivity index (χ2v) is 4.51. The molecule has 0 saturated heterocycles. The quantitative estimate of drug-likeness (QED) is 0.804. The number of aromatic nitrogens is 2. The number of anilines is 1. The third-order valence-corrected chi connectivity index (χ3v) is 3.24. The summed E-state index contributed by atoms with van der Waals surface area (Å²) in [4.78, 5) is 4.23. The first-order valence-electron chi connectivity index (χ1n) is 6.29. The first-order chi connectivity index (χ1) is 10.1. The van der Waals surface area contributed by atoms with Crippen LogP contribution in [0.2, 0.25) is 0 Å². The van der Waals surface area contributed by atoms with Crippen molar-refractivity contribution in [1.29, 1.82) is 0 Å². The molecular weight excluding hydrogens is 273 g/mol. The maximum absolute atomic E-state index is 13.5. The Morgan fingerprint density at radius 1 is 1.05 bits per heavy atom. The number of fused-ring (bicyclic) bond motifs is 1. The van der Waals surface area contributed by atoms with Gasteiger partial charge in [0.2, 0.25) is 5.95 Å². The van der Waals surface area contributed by atoms with Crippen molar-refractivity contribution in [2.24, 2.45) is 0 Å². The van der Waals surface area contributed by atoms with Crippen molar-refractivity contribution >= 4 is 17.0 Å². The molecule has 0 aliphatic heterocycles. The van der Waals surface area contributed by atoms with E-state index in [1.807, 2.05) is 0 Å². The van der Waals surface area contributed by atoms with Crippen LogP contribution in [0.5, 0.6) is 11.5 Å². The fraction of sp³-hybridized carbons (Fsp3) is 0.133. The van der Waals surface area contributed by atoms with Crippen LogP contribution in [0, 0.1) is 5.82 Å². The Hall–Kier alpha value is -2.76. The highest BCUT2D eigenvalue weighted by Gasteiger charge is 2.13. The van der Waals surface area contributed by atoms with Crippen molar-refractivity contribution in [3.8, 4) is 17.2 Å². The zero-order valence-electron chi connectivity index (χ0n) is 11.6. The fourth-order valence-corrected chi connectivity index (χ4v) is 2.26. The van der Waals surface area contributed by atoms with Crippen LogP contribution in [-0.2, 0) is 0 Å². The topological polar surface area (TPSA) is 62.3 Å². The first kappa shape index (κ1) is 13.2. The summed E-state index contributed by atoms with van der Waals surface area (Å²) in [6.07, 6.45) is 0. The zero-order valence-corrected chi connectivity index (χ0v) is 11.6. The number of nitrogens with zero attached hydrogens (tertiary/aromatic N) is 2. The molecule has 108 valence electrons. The summed E-state index contributed by atoms with van der Waals surface area (Å²) >= 11 is 0. The molecular formula is C15H14FN3O2. The van der Waals surface area contributed by atoms with Gasteiger partial charge in [0.25, 0.3) is 0 Å². The van der Waals surface area contributed by atoms with Gasteiger partial charge >= 0.3 is 0 Å². The predicted octanol–water partition coefficient (Wildman–Crippen LogP) is 2.76. The second-order valence-electron chi connectivity index (χ2n) is 4.51. The monoisotopic (exact) mass is 287 g/mol. The van der Waals surface area contributed by atoms with E-state index in [0.717, 1.165) is 0 Å². The average Bonchev–Trinajstić information content (AvgIpc) is 2.81. The average molecular weight is 287 g/mol. The van der Waals surface area contributed by atoms with Gasteiger partial charge in [-0.15, -0.1) is 0 Å². The zero-order chi connectivity index (χ0) is 15.0. The summed E-state index contributed by atoms with van der Waals surface area (Å²) < 4.78 is 25.6. The number of halogens is 1. The minimum absolute atomic E-state index is 0.269. The Bertz CT molecular complexity index is 792. The number of ether oxygens (including phenoxy) is 2. The van der Waals surface area contributed by atoms with Gasteiger partial charge in [-0.05, 0) is 12.1 Å². The van der Waals surface area contributed by atoms with Gasteiger partial charge in [0.1, 0.15) is 17.3 Å². The molecule has 0 fully saturated rings. The molecule has 1 aromatic heterocycles. The molecule has 5 nitrogen and oxygen atoms in total. The highest BCUT2D eigenvalue weighted by Crippen LogP contribution is 2.29. The molecule has 0 aliphatic carbocycles. The van der Waals surface area contributed by atoms with Gasteiger partial charge in [0.05, 0.1) is 30.9 Å². The number of hydrogen-bond donors (Lipinski definition) is 1. The lowest BCUT2D eigenvalue weighted by molar-refractivity contribution is 0.394. The van der Waals surface area contributed by atoms with Gasteiger partial charge in [-0.2, -0.15) is 0 Å². The highest BCUT2D eigenvalue weighted by molar-refractivity contribution is 5.81. The van der Waals surface area contributed by atoms with Crippen molar-refractivity contribution in [1.82, 2.24) is 9.55 Å². The van der Waals surface area contributed by atoms with Crippen molar-refractivity contribution in [3.05, 3.63) is 42.2 Å². The van der Waals surface area contributed by atoms with E-state index < -0.39 is 0 Å². The number of nitrogen functional groups attached to an aromatic ring is 1. The van der Waals surface area contributed by atoms with Gasteiger partial charge < -0.3 is 15.2 Å². The Labute approximate surface area is 120 Å². The van der Waals surface area contributed by atoms with Crippen LogP contribution in [0.25, 0.3) is 16.7 Å². The van der Waals surface area contributed by atoms with Crippen LogP contribution in [0.3, 0.4) is 0 Å². The molecule has 0 unspecified atom stereocenters. The number of nitrogens with two attached hydrogens (primary N) is 1. The number of benzene rings is 2. The van der Waals surface area contributed by atoms with Crippen LogP contribution in [-0.4, -0.2) is 23.8 Å². The van der Waals surface area contributed by atoms with E-state index in [2.05, 4.69) is 4.98 Å². The standard InChI is InChI=1S/C15H14FN3O2/c1-20-11-6-10(7-12(8-11)21-2)19-14-5-9(16)3-4-13(14)18-15(19)17/h3-8H,1-2H3,(H2,17,18). The number of hydrogen-bond acceptors (Lipinski definition) is 4. The third-order valence-electron chi connectivity index (χ3n) is 3.24. The molecule has 0 radical (unpaired) electrons. The molecule has 1 heterocycles. The second kappa shape index (κ2) is 4.97. The summed E-state index contributed by atoms with van der Waals surface area (Å²) in [6, 6.07) is 9.65. The van der Waals surface area contributed by atoms with E-state index in [4.69, 9.17) is 15.2 Å². The van der Waals surface area contributed by atoms with Gasteiger partial charge in [-0.1, -0.05) is 0 Å². The molecule has 0 spiro atoms. The molecule has 0 amide bonds. The smallest absolute Gasteiger partial charge is 0.205 e. The Morgan fingerprint density at radius 2 is 1.71 bits per heavy atom. The molecule has 21 heavy (non-hydrogen) atoms. The summed E-state index contributed by atoms with van der Waals surface area (Å²) in [6.45, 7) is 0. The van der Waals surface area contributed by atoms with Crippen LogP contribution in [0.15, 0.2) is 36.4 Å². The Kier molecular flexibility index (Phi) is 3.13. The van der Waals surface area contributed by atoms with Crippen LogP contribution in [0.1, 0.15) is 0 Å². The number of rotatable bonds is 3. The fourth-order valence-electron chi connectivity index (χ4n) is 2.26. The molecule has 3 rings (SSSR count). The summed E-state index contributed by atoms with van der Waals surface area (Å²) in [5.41, 5.74) is 7.86. The van der Waals surface area contributed by atoms with E-state index in [-0.39, 0.29) is 11.8 Å². The van der Waals surface area contributed by atoms with Crippen molar-refractivity contribution in [3.63, 3.8) is 0 Å². The number of methoxy groups -OCH3 is 2. The van der Waals surface area contributed by atoms with Crippen molar-refractivity contribution in [2.45, 2.75) is 0 Å². The SMILES string of the molecule is COc1cc(OC)cc(-n2c(N)nc3ccc(F)cc32)c1. The van der Waals surface area contributed by atoms with Crippen molar-refractivity contribution < 1.29 is 13.9 Å². The minimum atomic E-state index is -0.349. The van der Waals surface area contributed by atoms with Gasteiger partial charge in [-0.25, -0.2) is 9.37 Å². The lowest BCUT2D eigenvalue weighted by Gasteiger charge is -2.11. The Balaban J connectivity index is 2.29. The molecule has 3 aromatic rings. The normalized spacial score (nSPS) is 10.8. The lowest BCUT2D eigenvalue weighted by atomic mass is 10.2. The van der Waals surface area contributed by atoms with E-state index in [1.165, 1.54) is 12.1 Å². The van der Waals surface area contributed by atoms with E-state index in [0.29, 0.717) is 28.2 Å². The molecule has 0 atom stereocenters. The largest absolute Gasteiger partial charge is 0.497 e. The van der Waals surface area contributed by atoms with E-state index >= 15 is 0 Å². The van der Waals surface area contributed by atoms with Crippen LogP contribution < -0.4 is 15.2 Å². The summed E-state index contributed by atoms with van der Waals surface area (Å²) in [5.74, 6) is 1.15. The Morgan fingerprint density at radius 3 is 2.33 bits per heavy atom. The third kappa shape index (κ3) is 2.24. The highest BCUT2D eigenvalue weighted by atomic mass is 19.1. The van der Waals surface area contributed by atoms with E-state index in [1.54, 1.807) is 43.1 Å². The molecule has 6 heteroatoms. The number of imidazole rings is 1. The summed E-state index contributed by atoms with van der Waals surface area (Å²) in [5, 5.41) is 0. The van der Waals surface area contributed by atoms with Gasteiger partial charge in [0, 0.05) is 24.3 Å². The van der Waals surface area contributed by atoms with E-state index in [9.17, 15) is 4.39 Å². The molecule has 2 N–H and O–H groups in total. The lowest BCUT2D eigenvalue weighted by Crippen LogP contribution is -2.01. The van der Waals surface area contributed by atoms with Crippen LogP contribution >= 0.6 is 0 Å². The first-order valence-corrected chi connectivity index (χ1v) is 6.29. The molecule has 0 saturated carbocycles. The van der Waals surface area contributed by atoms with Gasteiger partial charge in [-0.3, -0.25) is 4.57 Å². The molecule has 2 aromatic carbocycles. The maximum Gasteiger partial charge on any atom is 0.205 e. The predicted molar refractivity (Wildman–Crippen MR) is 78.5 cm³/mol. The summed E-state index contributed by atoms with van der Waals surface area (Å²) in [7, 11) is 3.13. The van der Waals surface area contributed by atoms with Crippen molar-refractivity contribution in [2.75, 3.05) is 20.0 Å². The van der Waals surface area contributed by atoms with Crippen LogP contribution in [0.4, 0.5) is 10.3 Å². The minimum Gasteiger partial charge on any atom is -0.497 e. The molecule has 0 aliphatic rings. The molecule has 0 bridgehead atoms. The van der Waals surface area contributed by atoms with Gasteiger partial charge in [0.15, 0.2) is 0 Å². The maximum atomic E-state index is 13.5.